The fraction of sp³-hybridized carbons (Fsp3) is 0.115. The van der Waals surface area contributed by atoms with Gasteiger partial charge in [0.25, 0.3) is 5.91 Å². The average molecular weight is 453 g/mol. The zero-order valence-corrected chi connectivity index (χ0v) is 18.7. The molecule has 6 nitrogen and oxygen atoms in total. The van der Waals surface area contributed by atoms with Crippen LogP contribution in [-0.4, -0.2) is 11.1 Å². The number of nitrogens with zero attached hydrogens (tertiary/aromatic N) is 3. The predicted molar refractivity (Wildman–Crippen MR) is 130 cm³/mol. The van der Waals surface area contributed by atoms with Crippen LogP contribution in [0.25, 0.3) is 22.2 Å². The number of amides is 1. The highest BCUT2D eigenvalue weighted by Crippen LogP contribution is 2.39. The molecule has 0 bridgehead atoms. The Bertz CT molecular complexity index is 1440. The second-order valence-corrected chi connectivity index (χ2v) is 8.12. The Kier molecular flexibility index (Phi) is 5.37. The standard InChI is InChI=1S/C26H20N4O2S/c1-2-16-8-6-7-11-22(16)30-24(28-25(31)20(15-27)26(30)33)18-12-13-21-19(14-18)23(32-29-21)17-9-4-3-5-10-17/h3-14,24,33H,2H2,1H3,(H,28,31). The molecule has 1 amide bonds. The maximum Gasteiger partial charge on any atom is 0.266 e. The summed E-state index contributed by atoms with van der Waals surface area (Å²) in [5, 5.41) is 17.9. The molecule has 0 saturated heterocycles. The number of fused-ring (bicyclic) bond motifs is 1. The summed E-state index contributed by atoms with van der Waals surface area (Å²) in [5.41, 5.74) is 4.41. The van der Waals surface area contributed by atoms with E-state index in [9.17, 15) is 10.1 Å². The lowest BCUT2D eigenvalue weighted by atomic mass is 10.0. The zero-order valence-electron chi connectivity index (χ0n) is 17.8. The van der Waals surface area contributed by atoms with E-state index in [1.165, 1.54) is 0 Å². The highest BCUT2D eigenvalue weighted by atomic mass is 32.1. The second kappa shape index (κ2) is 8.49. The summed E-state index contributed by atoms with van der Waals surface area (Å²) in [4.78, 5) is 14.7. The maximum absolute atomic E-state index is 12.8. The van der Waals surface area contributed by atoms with Gasteiger partial charge in [-0.2, -0.15) is 5.26 Å². The van der Waals surface area contributed by atoms with Crippen molar-refractivity contribution >= 4 is 35.1 Å². The molecular weight excluding hydrogens is 432 g/mol. The number of nitrogens with one attached hydrogen (secondary N) is 1. The average Bonchev–Trinajstić information content (AvgIpc) is 3.28. The van der Waals surface area contributed by atoms with Crippen molar-refractivity contribution in [2.75, 3.05) is 4.90 Å². The molecule has 1 N–H and O–H groups in total. The SMILES string of the molecule is CCc1ccccc1N1C(S)=C(C#N)C(=O)NC1c1ccc2noc(-c3ccccc3)c2c1. The number of aromatic nitrogens is 1. The minimum atomic E-state index is -0.558. The topological polar surface area (TPSA) is 82.2 Å². The van der Waals surface area contributed by atoms with Crippen LogP contribution in [0.2, 0.25) is 0 Å². The van der Waals surface area contributed by atoms with Gasteiger partial charge < -0.3 is 14.7 Å². The highest BCUT2D eigenvalue weighted by Gasteiger charge is 2.35. The second-order valence-electron chi connectivity index (χ2n) is 7.69. The molecule has 1 aromatic heterocycles. The Morgan fingerprint density at radius 2 is 1.88 bits per heavy atom. The van der Waals surface area contributed by atoms with Crippen molar-refractivity contribution in [2.45, 2.75) is 19.5 Å². The van der Waals surface area contributed by atoms with E-state index in [0.717, 1.165) is 39.7 Å². The van der Waals surface area contributed by atoms with Crippen LogP contribution in [0.3, 0.4) is 0 Å². The highest BCUT2D eigenvalue weighted by molar-refractivity contribution is 7.84. The lowest BCUT2D eigenvalue weighted by molar-refractivity contribution is -0.118. The van der Waals surface area contributed by atoms with Crippen LogP contribution in [-0.2, 0) is 11.2 Å². The molecule has 2 heterocycles. The normalized spacial score (nSPS) is 16.1. The van der Waals surface area contributed by atoms with Crippen LogP contribution in [0.4, 0.5) is 5.69 Å². The Morgan fingerprint density at radius 1 is 1.12 bits per heavy atom. The zero-order chi connectivity index (χ0) is 22.9. The van der Waals surface area contributed by atoms with Gasteiger partial charge in [-0.05, 0) is 35.7 Å². The molecule has 0 aliphatic carbocycles. The number of rotatable bonds is 4. The fourth-order valence-corrected chi connectivity index (χ4v) is 4.54. The Hall–Kier alpha value is -4.02. The first-order chi connectivity index (χ1) is 16.1. The minimum absolute atomic E-state index is 0.0171. The molecule has 1 unspecified atom stereocenters. The predicted octanol–water partition coefficient (Wildman–Crippen LogP) is 5.36. The van der Waals surface area contributed by atoms with E-state index in [-0.39, 0.29) is 5.57 Å². The molecule has 1 atom stereocenters. The van der Waals surface area contributed by atoms with E-state index in [2.05, 4.69) is 30.0 Å². The molecule has 162 valence electrons. The number of hydrogen-bond acceptors (Lipinski definition) is 6. The molecule has 0 spiro atoms. The van der Waals surface area contributed by atoms with Gasteiger partial charge in [0.2, 0.25) is 0 Å². The van der Waals surface area contributed by atoms with E-state index >= 15 is 0 Å². The first-order valence-corrected chi connectivity index (χ1v) is 11.0. The molecule has 7 heteroatoms. The molecule has 0 saturated carbocycles. The largest absolute Gasteiger partial charge is 0.355 e. The Labute approximate surface area is 196 Å². The number of nitriles is 1. The summed E-state index contributed by atoms with van der Waals surface area (Å²) in [6, 6.07) is 25.4. The maximum atomic E-state index is 12.8. The lowest BCUT2D eigenvalue weighted by Crippen LogP contribution is -2.46. The smallest absolute Gasteiger partial charge is 0.266 e. The first-order valence-electron chi connectivity index (χ1n) is 10.6. The van der Waals surface area contributed by atoms with Crippen LogP contribution < -0.4 is 10.2 Å². The van der Waals surface area contributed by atoms with Gasteiger partial charge in [-0.1, -0.05) is 66.7 Å². The summed E-state index contributed by atoms with van der Waals surface area (Å²) in [6.07, 6.45) is 0.233. The van der Waals surface area contributed by atoms with Gasteiger partial charge in [0.1, 0.15) is 23.3 Å². The summed E-state index contributed by atoms with van der Waals surface area (Å²) < 4.78 is 5.65. The molecule has 0 fully saturated rings. The van der Waals surface area contributed by atoms with E-state index in [4.69, 9.17) is 4.52 Å². The molecule has 1 aliphatic rings. The Balaban J connectivity index is 1.69. The summed E-state index contributed by atoms with van der Waals surface area (Å²) in [7, 11) is 0. The summed E-state index contributed by atoms with van der Waals surface area (Å²) in [5.74, 6) is 0.209. The van der Waals surface area contributed by atoms with E-state index in [1.54, 1.807) is 0 Å². The van der Waals surface area contributed by atoms with Crippen molar-refractivity contribution in [3.63, 3.8) is 0 Å². The van der Waals surface area contributed by atoms with Crippen molar-refractivity contribution in [2.24, 2.45) is 0 Å². The Morgan fingerprint density at radius 3 is 2.64 bits per heavy atom. The van der Waals surface area contributed by atoms with E-state index < -0.39 is 12.1 Å². The summed E-state index contributed by atoms with van der Waals surface area (Å²) in [6.45, 7) is 2.07. The number of benzene rings is 3. The number of thiol groups is 1. The van der Waals surface area contributed by atoms with Crippen molar-refractivity contribution < 1.29 is 9.32 Å². The molecule has 1 aliphatic heterocycles. The van der Waals surface area contributed by atoms with Crippen LogP contribution in [0.1, 0.15) is 24.2 Å². The monoisotopic (exact) mass is 452 g/mol. The quantitative estimate of drug-likeness (QED) is 0.408. The molecule has 4 aromatic rings. The van der Waals surface area contributed by atoms with Gasteiger partial charge in [0, 0.05) is 11.3 Å². The third kappa shape index (κ3) is 3.55. The summed E-state index contributed by atoms with van der Waals surface area (Å²) >= 11 is 4.63. The van der Waals surface area contributed by atoms with Crippen molar-refractivity contribution in [1.29, 1.82) is 5.26 Å². The van der Waals surface area contributed by atoms with Crippen molar-refractivity contribution in [1.82, 2.24) is 10.5 Å². The number of anilines is 1. The van der Waals surface area contributed by atoms with Crippen LogP contribution in [0, 0.1) is 11.3 Å². The molecule has 5 rings (SSSR count). The third-order valence-corrected chi connectivity index (χ3v) is 6.24. The molecular formula is C26H20N4O2S. The van der Waals surface area contributed by atoms with Gasteiger partial charge in [0.15, 0.2) is 5.76 Å². The fourth-order valence-electron chi connectivity index (χ4n) is 4.16. The van der Waals surface area contributed by atoms with Crippen LogP contribution in [0.15, 0.2) is 87.9 Å². The van der Waals surface area contributed by atoms with Gasteiger partial charge in [-0.15, -0.1) is 12.6 Å². The van der Waals surface area contributed by atoms with Gasteiger partial charge in [-0.25, -0.2) is 0 Å². The van der Waals surface area contributed by atoms with E-state index in [1.807, 2.05) is 83.8 Å². The third-order valence-electron chi connectivity index (χ3n) is 5.80. The number of aryl methyl sites for hydroxylation is 1. The van der Waals surface area contributed by atoms with Gasteiger partial charge in [0.05, 0.1) is 10.4 Å². The van der Waals surface area contributed by atoms with Crippen molar-refractivity contribution in [3.8, 4) is 17.4 Å². The number of para-hydroxylation sites is 1. The van der Waals surface area contributed by atoms with Crippen LogP contribution >= 0.6 is 12.6 Å². The molecule has 0 radical (unpaired) electrons. The van der Waals surface area contributed by atoms with E-state index in [0.29, 0.717) is 10.8 Å². The van der Waals surface area contributed by atoms with Crippen LogP contribution in [0.5, 0.6) is 0 Å². The molecule has 3 aromatic carbocycles. The van der Waals surface area contributed by atoms with Gasteiger partial charge in [-0.3, -0.25) is 4.79 Å². The first kappa shape index (κ1) is 20.9. The van der Waals surface area contributed by atoms with Gasteiger partial charge >= 0.3 is 0 Å². The lowest BCUT2D eigenvalue weighted by Gasteiger charge is -2.39. The number of carbonyl (C=O) groups is 1. The number of carbonyl (C=O) groups excluding carboxylic acids is 1. The minimum Gasteiger partial charge on any atom is -0.355 e. The molecule has 33 heavy (non-hydrogen) atoms. The van der Waals surface area contributed by atoms with Crippen molar-refractivity contribution in [3.05, 3.63) is 94.5 Å². The number of hydrogen-bond donors (Lipinski definition) is 2.